The first-order chi connectivity index (χ1) is 7.72. The number of nitrogens with two attached hydrogens (primary N) is 1. The maximum Gasteiger partial charge on any atom is 0.230 e. The van der Waals surface area contributed by atoms with Gasteiger partial charge in [-0.05, 0) is 24.8 Å². The molecule has 0 saturated heterocycles. The highest BCUT2D eigenvalue weighted by Gasteiger charge is 2.52. The fraction of sp³-hybridized carbons (Fsp3) is 0.462. The van der Waals surface area contributed by atoms with Gasteiger partial charge < -0.3 is 11.1 Å². The molecule has 2 aliphatic carbocycles. The second-order valence-corrected chi connectivity index (χ2v) is 4.93. The molecule has 16 heavy (non-hydrogen) atoms. The van der Waals surface area contributed by atoms with Crippen LogP contribution in [0.4, 0.5) is 0 Å². The fourth-order valence-electron chi connectivity index (χ4n) is 2.22. The SMILES string of the molecule is NC1CC1NC(=O)C1(c2ccccc2)CC1. The summed E-state index contributed by atoms with van der Waals surface area (Å²) in [5.74, 6) is 0.164. The first-order valence-electron chi connectivity index (χ1n) is 5.84. The molecular formula is C13H16N2O. The van der Waals surface area contributed by atoms with Crippen LogP contribution in [0.1, 0.15) is 24.8 Å². The Kier molecular flexibility index (Phi) is 2.04. The summed E-state index contributed by atoms with van der Waals surface area (Å²) in [7, 11) is 0. The third kappa shape index (κ3) is 1.52. The van der Waals surface area contributed by atoms with Gasteiger partial charge in [0.25, 0.3) is 0 Å². The van der Waals surface area contributed by atoms with E-state index in [1.54, 1.807) is 0 Å². The summed E-state index contributed by atoms with van der Waals surface area (Å²) < 4.78 is 0. The lowest BCUT2D eigenvalue weighted by molar-refractivity contribution is -0.123. The predicted octanol–water partition coefficient (Wildman–Crippen LogP) is 0.934. The van der Waals surface area contributed by atoms with E-state index in [1.807, 2.05) is 30.3 Å². The van der Waals surface area contributed by atoms with Gasteiger partial charge in [0.2, 0.25) is 5.91 Å². The zero-order chi connectivity index (χ0) is 11.2. The summed E-state index contributed by atoms with van der Waals surface area (Å²) in [5.41, 5.74) is 6.60. The molecular weight excluding hydrogens is 200 g/mol. The number of nitrogens with one attached hydrogen (secondary N) is 1. The van der Waals surface area contributed by atoms with Gasteiger partial charge >= 0.3 is 0 Å². The van der Waals surface area contributed by atoms with Crippen LogP contribution in [-0.2, 0) is 10.2 Å². The van der Waals surface area contributed by atoms with Gasteiger partial charge in [-0.25, -0.2) is 0 Å². The molecule has 2 aliphatic rings. The molecule has 2 atom stereocenters. The molecule has 0 spiro atoms. The lowest BCUT2D eigenvalue weighted by Crippen LogP contribution is -2.38. The molecule has 0 radical (unpaired) electrons. The van der Waals surface area contributed by atoms with Crippen molar-refractivity contribution in [1.29, 1.82) is 0 Å². The molecule has 0 bridgehead atoms. The van der Waals surface area contributed by atoms with Crippen molar-refractivity contribution in [3.8, 4) is 0 Å². The molecule has 1 amide bonds. The van der Waals surface area contributed by atoms with Crippen molar-refractivity contribution in [3.05, 3.63) is 35.9 Å². The van der Waals surface area contributed by atoms with E-state index >= 15 is 0 Å². The fourth-order valence-corrected chi connectivity index (χ4v) is 2.22. The Bertz CT molecular complexity index is 411. The molecule has 3 N–H and O–H groups in total. The largest absolute Gasteiger partial charge is 0.351 e. The van der Waals surface area contributed by atoms with Gasteiger partial charge in [0, 0.05) is 12.1 Å². The van der Waals surface area contributed by atoms with Gasteiger partial charge in [-0.15, -0.1) is 0 Å². The average molecular weight is 216 g/mol. The third-order valence-electron chi connectivity index (χ3n) is 3.67. The van der Waals surface area contributed by atoms with Crippen LogP contribution in [0.25, 0.3) is 0 Å². The Hall–Kier alpha value is -1.35. The minimum Gasteiger partial charge on any atom is -0.351 e. The Balaban J connectivity index is 1.76. The third-order valence-corrected chi connectivity index (χ3v) is 3.67. The number of rotatable bonds is 3. The lowest BCUT2D eigenvalue weighted by Gasteiger charge is -2.15. The highest BCUT2D eigenvalue weighted by Crippen LogP contribution is 2.48. The van der Waals surface area contributed by atoms with E-state index in [9.17, 15) is 4.79 Å². The van der Waals surface area contributed by atoms with Crippen LogP contribution in [0.3, 0.4) is 0 Å². The monoisotopic (exact) mass is 216 g/mol. The molecule has 2 saturated carbocycles. The lowest BCUT2D eigenvalue weighted by atomic mass is 9.95. The van der Waals surface area contributed by atoms with Crippen molar-refractivity contribution in [1.82, 2.24) is 5.32 Å². The van der Waals surface area contributed by atoms with Gasteiger partial charge in [-0.3, -0.25) is 4.79 Å². The van der Waals surface area contributed by atoms with Gasteiger partial charge in [0.05, 0.1) is 5.41 Å². The van der Waals surface area contributed by atoms with E-state index in [-0.39, 0.29) is 23.4 Å². The molecule has 1 aromatic rings. The zero-order valence-corrected chi connectivity index (χ0v) is 9.15. The van der Waals surface area contributed by atoms with Crippen LogP contribution in [0.15, 0.2) is 30.3 Å². The van der Waals surface area contributed by atoms with E-state index in [0.717, 1.165) is 24.8 Å². The number of benzene rings is 1. The molecule has 2 unspecified atom stereocenters. The number of hydrogen-bond donors (Lipinski definition) is 2. The highest BCUT2D eigenvalue weighted by molar-refractivity contribution is 5.91. The summed E-state index contributed by atoms with van der Waals surface area (Å²) in [6.45, 7) is 0. The van der Waals surface area contributed by atoms with E-state index in [1.165, 1.54) is 0 Å². The normalized spacial score (nSPS) is 29.6. The van der Waals surface area contributed by atoms with Crippen molar-refractivity contribution in [3.63, 3.8) is 0 Å². The minimum atomic E-state index is -0.246. The Morgan fingerprint density at radius 3 is 2.44 bits per heavy atom. The van der Waals surface area contributed by atoms with Crippen molar-refractivity contribution >= 4 is 5.91 Å². The number of carbonyl (C=O) groups is 1. The number of carbonyl (C=O) groups excluding carboxylic acids is 1. The van der Waals surface area contributed by atoms with E-state index < -0.39 is 0 Å². The topological polar surface area (TPSA) is 55.1 Å². The summed E-state index contributed by atoms with van der Waals surface area (Å²) in [4.78, 5) is 12.2. The molecule has 0 aromatic heterocycles. The van der Waals surface area contributed by atoms with E-state index in [4.69, 9.17) is 5.73 Å². The van der Waals surface area contributed by atoms with E-state index in [0.29, 0.717) is 0 Å². The summed E-state index contributed by atoms with van der Waals surface area (Å²) in [5, 5.41) is 3.04. The minimum absolute atomic E-state index is 0.164. The molecule has 0 heterocycles. The van der Waals surface area contributed by atoms with Crippen molar-refractivity contribution in [2.45, 2.75) is 36.8 Å². The average Bonchev–Trinajstić information content (AvgIpc) is 3.18. The molecule has 84 valence electrons. The summed E-state index contributed by atoms with van der Waals surface area (Å²) >= 11 is 0. The molecule has 3 rings (SSSR count). The zero-order valence-electron chi connectivity index (χ0n) is 9.15. The van der Waals surface area contributed by atoms with Crippen molar-refractivity contribution in [2.24, 2.45) is 5.73 Å². The maximum absolute atomic E-state index is 12.2. The summed E-state index contributed by atoms with van der Waals surface area (Å²) in [6, 6.07) is 10.4. The molecule has 0 aliphatic heterocycles. The van der Waals surface area contributed by atoms with Gasteiger partial charge in [-0.2, -0.15) is 0 Å². The molecule has 3 nitrogen and oxygen atoms in total. The van der Waals surface area contributed by atoms with Gasteiger partial charge in [0.1, 0.15) is 0 Å². The van der Waals surface area contributed by atoms with Crippen LogP contribution in [0, 0.1) is 0 Å². The van der Waals surface area contributed by atoms with Crippen LogP contribution in [0.2, 0.25) is 0 Å². The Morgan fingerprint density at radius 2 is 1.94 bits per heavy atom. The first-order valence-corrected chi connectivity index (χ1v) is 5.84. The van der Waals surface area contributed by atoms with Crippen molar-refractivity contribution in [2.75, 3.05) is 0 Å². The van der Waals surface area contributed by atoms with Crippen LogP contribution in [0.5, 0.6) is 0 Å². The van der Waals surface area contributed by atoms with E-state index in [2.05, 4.69) is 5.32 Å². The molecule has 1 aromatic carbocycles. The maximum atomic E-state index is 12.2. The second kappa shape index (κ2) is 3.32. The molecule has 2 fully saturated rings. The van der Waals surface area contributed by atoms with Crippen molar-refractivity contribution < 1.29 is 4.79 Å². The standard InChI is InChI=1S/C13H16N2O/c14-10-8-11(10)15-12(16)13(6-7-13)9-4-2-1-3-5-9/h1-5,10-11H,6-8,14H2,(H,15,16). The van der Waals surface area contributed by atoms with Crippen LogP contribution >= 0.6 is 0 Å². The van der Waals surface area contributed by atoms with Crippen LogP contribution < -0.4 is 11.1 Å². The second-order valence-electron chi connectivity index (χ2n) is 4.93. The summed E-state index contributed by atoms with van der Waals surface area (Å²) in [6.07, 6.45) is 2.85. The van der Waals surface area contributed by atoms with Gasteiger partial charge in [0.15, 0.2) is 0 Å². The molecule has 3 heteroatoms. The quantitative estimate of drug-likeness (QED) is 0.790. The number of hydrogen-bond acceptors (Lipinski definition) is 2. The first kappa shape index (κ1) is 9.85. The van der Waals surface area contributed by atoms with Crippen LogP contribution in [-0.4, -0.2) is 18.0 Å². The smallest absolute Gasteiger partial charge is 0.230 e. The number of amides is 1. The highest BCUT2D eigenvalue weighted by atomic mass is 16.2. The van der Waals surface area contributed by atoms with Gasteiger partial charge in [-0.1, -0.05) is 30.3 Å². The Morgan fingerprint density at radius 1 is 1.31 bits per heavy atom. The predicted molar refractivity (Wildman–Crippen MR) is 61.9 cm³/mol. The Labute approximate surface area is 95.0 Å².